The molecule has 0 fully saturated rings. The zero-order chi connectivity index (χ0) is 21.2. The molecule has 2 rings (SSSR count). The summed E-state index contributed by atoms with van der Waals surface area (Å²) in [5.74, 6) is -1.83. The van der Waals surface area contributed by atoms with Crippen molar-refractivity contribution in [3.63, 3.8) is 0 Å². The molecule has 1 aromatic carbocycles. The molecule has 0 spiro atoms. The highest BCUT2D eigenvalue weighted by Gasteiger charge is 2.58. The SMILES string of the molecule is Cc1csc(C(O)(CC(=O)NCc2ccccc2OC(F)(F)F)C(F)(F)F)n1. The first-order chi connectivity index (χ1) is 12.8. The lowest BCUT2D eigenvalue weighted by molar-refractivity contribution is -0.275. The Labute approximate surface area is 159 Å². The van der Waals surface area contributed by atoms with Gasteiger partial charge in [0, 0.05) is 23.2 Å². The Balaban J connectivity index is 2.13. The summed E-state index contributed by atoms with van der Waals surface area (Å²) in [6.45, 7) is 0.893. The number of halogens is 6. The van der Waals surface area contributed by atoms with Gasteiger partial charge in [-0.15, -0.1) is 24.5 Å². The number of amides is 1. The fourth-order valence-electron chi connectivity index (χ4n) is 2.20. The van der Waals surface area contributed by atoms with Gasteiger partial charge in [-0.25, -0.2) is 4.98 Å². The van der Waals surface area contributed by atoms with Gasteiger partial charge in [-0.05, 0) is 13.0 Å². The van der Waals surface area contributed by atoms with Gasteiger partial charge in [0.1, 0.15) is 10.8 Å². The third kappa shape index (κ3) is 5.35. The molecule has 0 aliphatic carbocycles. The number of benzene rings is 1. The Kier molecular flexibility index (Phi) is 6.24. The maximum absolute atomic E-state index is 13.4. The van der Waals surface area contributed by atoms with E-state index >= 15 is 0 Å². The molecule has 5 nitrogen and oxygen atoms in total. The number of hydrogen-bond acceptors (Lipinski definition) is 5. The molecule has 154 valence electrons. The van der Waals surface area contributed by atoms with Crippen molar-refractivity contribution in [2.45, 2.75) is 38.0 Å². The first-order valence-electron chi connectivity index (χ1n) is 7.64. The van der Waals surface area contributed by atoms with Crippen LogP contribution in [-0.4, -0.2) is 28.5 Å². The van der Waals surface area contributed by atoms with E-state index in [0.29, 0.717) is 11.3 Å². The minimum atomic E-state index is -5.19. The minimum absolute atomic E-state index is 0.103. The van der Waals surface area contributed by atoms with E-state index in [1.807, 2.05) is 0 Å². The Bertz CT molecular complexity index is 836. The fourth-order valence-corrected chi connectivity index (χ4v) is 3.12. The summed E-state index contributed by atoms with van der Waals surface area (Å²) in [4.78, 5) is 15.6. The monoisotopic (exact) mass is 428 g/mol. The van der Waals surface area contributed by atoms with Crippen LogP contribution in [0.2, 0.25) is 0 Å². The first-order valence-corrected chi connectivity index (χ1v) is 8.52. The normalized spacial score (nSPS) is 14.4. The Morgan fingerprint density at radius 3 is 2.39 bits per heavy atom. The minimum Gasteiger partial charge on any atom is -0.405 e. The number of ether oxygens (including phenoxy) is 1. The van der Waals surface area contributed by atoms with E-state index in [1.165, 1.54) is 30.5 Å². The number of carbonyl (C=O) groups is 1. The van der Waals surface area contributed by atoms with E-state index in [0.717, 1.165) is 6.07 Å². The lowest BCUT2D eigenvalue weighted by atomic mass is 9.99. The Morgan fingerprint density at radius 2 is 1.86 bits per heavy atom. The zero-order valence-electron chi connectivity index (χ0n) is 14.2. The number of carbonyl (C=O) groups excluding carboxylic acids is 1. The molecule has 0 saturated heterocycles. The fraction of sp³-hybridized carbons (Fsp3) is 0.375. The number of rotatable bonds is 6. The largest absolute Gasteiger partial charge is 0.573 e. The van der Waals surface area contributed by atoms with Crippen LogP contribution in [-0.2, 0) is 16.9 Å². The van der Waals surface area contributed by atoms with Crippen molar-refractivity contribution in [1.29, 1.82) is 0 Å². The molecule has 0 radical (unpaired) electrons. The third-order valence-corrected chi connectivity index (χ3v) is 4.64. The highest BCUT2D eigenvalue weighted by molar-refractivity contribution is 7.09. The van der Waals surface area contributed by atoms with Crippen LogP contribution < -0.4 is 10.1 Å². The van der Waals surface area contributed by atoms with Gasteiger partial charge in [-0.3, -0.25) is 4.79 Å². The van der Waals surface area contributed by atoms with E-state index in [-0.39, 0.29) is 11.3 Å². The molecular weight excluding hydrogens is 414 g/mol. The number of para-hydroxylation sites is 1. The summed E-state index contributed by atoms with van der Waals surface area (Å²) in [5.41, 5.74) is -3.38. The van der Waals surface area contributed by atoms with E-state index in [1.54, 1.807) is 0 Å². The number of aliphatic hydroxyl groups is 1. The topological polar surface area (TPSA) is 71.5 Å². The van der Waals surface area contributed by atoms with Crippen molar-refractivity contribution < 1.29 is 41.0 Å². The second-order valence-electron chi connectivity index (χ2n) is 5.76. The zero-order valence-corrected chi connectivity index (χ0v) is 15.0. The van der Waals surface area contributed by atoms with Gasteiger partial charge < -0.3 is 15.2 Å². The van der Waals surface area contributed by atoms with Gasteiger partial charge in [0.15, 0.2) is 0 Å². The van der Waals surface area contributed by atoms with Crippen molar-refractivity contribution in [1.82, 2.24) is 10.3 Å². The van der Waals surface area contributed by atoms with Crippen molar-refractivity contribution in [2.75, 3.05) is 0 Å². The van der Waals surface area contributed by atoms with Gasteiger partial charge in [0.25, 0.3) is 0 Å². The summed E-state index contributed by atoms with van der Waals surface area (Å²) in [5, 5.41) is 12.7. The van der Waals surface area contributed by atoms with Crippen molar-refractivity contribution in [2.24, 2.45) is 0 Å². The second-order valence-corrected chi connectivity index (χ2v) is 6.62. The quantitative estimate of drug-likeness (QED) is 0.687. The Hall–Kier alpha value is -2.34. The maximum atomic E-state index is 13.4. The summed E-state index contributed by atoms with van der Waals surface area (Å²) in [7, 11) is 0. The summed E-state index contributed by atoms with van der Waals surface area (Å²) >= 11 is 0.543. The Morgan fingerprint density at radius 1 is 1.21 bits per heavy atom. The van der Waals surface area contributed by atoms with Gasteiger partial charge in [-0.2, -0.15) is 13.2 Å². The molecule has 2 N–H and O–H groups in total. The van der Waals surface area contributed by atoms with E-state index in [9.17, 15) is 36.2 Å². The average molecular weight is 428 g/mol. The van der Waals surface area contributed by atoms with Crippen molar-refractivity contribution in [3.05, 3.63) is 45.9 Å². The lowest BCUT2D eigenvalue weighted by Gasteiger charge is -2.28. The number of aromatic nitrogens is 1. The molecule has 1 aromatic heterocycles. The van der Waals surface area contributed by atoms with Gasteiger partial charge in [-0.1, -0.05) is 18.2 Å². The van der Waals surface area contributed by atoms with Crippen LogP contribution in [0.15, 0.2) is 29.6 Å². The summed E-state index contributed by atoms with van der Waals surface area (Å²) in [6.07, 6.45) is -11.6. The first kappa shape index (κ1) is 22.0. The lowest BCUT2D eigenvalue weighted by Crippen LogP contribution is -2.46. The van der Waals surface area contributed by atoms with Crippen LogP contribution in [0, 0.1) is 6.92 Å². The van der Waals surface area contributed by atoms with Crippen LogP contribution in [0.4, 0.5) is 26.3 Å². The number of thiazole rings is 1. The van der Waals surface area contributed by atoms with Crippen LogP contribution in [0.3, 0.4) is 0 Å². The van der Waals surface area contributed by atoms with Crippen LogP contribution >= 0.6 is 11.3 Å². The maximum Gasteiger partial charge on any atom is 0.573 e. The van der Waals surface area contributed by atoms with Crippen molar-refractivity contribution in [3.8, 4) is 5.75 Å². The van der Waals surface area contributed by atoms with Gasteiger partial charge >= 0.3 is 12.5 Å². The predicted molar refractivity (Wildman–Crippen MR) is 86.4 cm³/mol. The number of alkyl halides is 6. The molecule has 28 heavy (non-hydrogen) atoms. The molecule has 1 amide bonds. The molecular formula is C16H14F6N2O3S. The smallest absolute Gasteiger partial charge is 0.405 e. The van der Waals surface area contributed by atoms with E-state index in [4.69, 9.17) is 0 Å². The molecule has 0 bridgehead atoms. The van der Waals surface area contributed by atoms with Gasteiger partial charge in [0.2, 0.25) is 11.5 Å². The van der Waals surface area contributed by atoms with Crippen LogP contribution in [0.5, 0.6) is 5.75 Å². The van der Waals surface area contributed by atoms with Crippen LogP contribution in [0.25, 0.3) is 0 Å². The molecule has 2 aromatic rings. The second kappa shape index (κ2) is 7.95. The number of aryl methyl sites for hydroxylation is 1. The van der Waals surface area contributed by atoms with Crippen LogP contribution in [0.1, 0.15) is 22.7 Å². The molecule has 0 aliphatic heterocycles. The number of hydrogen-bond donors (Lipinski definition) is 2. The predicted octanol–water partition coefficient (Wildman–Crippen LogP) is 3.81. The highest BCUT2D eigenvalue weighted by Crippen LogP contribution is 2.42. The number of nitrogens with zero attached hydrogens (tertiary/aromatic N) is 1. The molecule has 1 unspecified atom stereocenters. The van der Waals surface area contributed by atoms with E-state index < -0.39 is 47.8 Å². The van der Waals surface area contributed by atoms with E-state index in [2.05, 4.69) is 15.0 Å². The average Bonchev–Trinajstić information content (AvgIpc) is 2.98. The van der Waals surface area contributed by atoms with Crippen molar-refractivity contribution >= 4 is 17.2 Å². The number of nitrogens with one attached hydrogen (secondary N) is 1. The standard InChI is InChI=1S/C16H14F6N2O3S/c1-9-8-28-13(24-9)14(26,15(17,18)19)6-12(25)23-7-10-4-2-3-5-11(10)27-16(20,21)22/h2-5,8,26H,6-7H2,1H3,(H,23,25). The third-order valence-electron chi connectivity index (χ3n) is 3.53. The summed E-state index contributed by atoms with van der Waals surface area (Å²) < 4.78 is 81.1. The molecule has 0 saturated carbocycles. The molecule has 1 heterocycles. The van der Waals surface area contributed by atoms with Gasteiger partial charge in [0.05, 0.1) is 6.42 Å². The molecule has 12 heteroatoms. The molecule has 0 aliphatic rings. The molecule has 1 atom stereocenters. The summed E-state index contributed by atoms with van der Waals surface area (Å²) in [6, 6.07) is 4.84. The highest BCUT2D eigenvalue weighted by atomic mass is 32.1.